The third-order valence-corrected chi connectivity index (χ3v) is 2.90. The Labute approximate surface area is 125 Å². The van der Waals surface area contributed by atoms with Gasteiger partial charge in [0, 0.05) is 18.4 Å². The molecule has 0 saturated heterocycles. The maximum Gasteiger partial charge on any atom is 0.0437 e. The fraction of sp³-hybridized carbons (Fsp3) is 0.368. The largest absolute Gasteiger partial charge is 0.344 e. The van der Waals surface area contributed by atoms with Crippen LogP contribution in [-0.4, -0.2) is 7.05 Å². The Bertz CT molecular complexity index is 488. The summed E-state index contributed by atoms with van der Waals surface area (Å²) in [7, 11) is 2.07. The molecule has 1 heteroatoms. The van der Waals surface area contributed by atoms with Crippen LogP contribution in [0.2, 0.25) is 0 Å². The summed E-state index contributed by atoms with van der Waals surface area (Å²) >= 11 is 0. The first kappa shape index (κ1) is 18.2. The van der Waals surface area contributed by atoms with Gasteiger partial charge in [-0.15, -0.1) is 0 Å². The van der Waals surface area contributed by atoms with E-state index in [-0.39, 0.29) is 0 Å². The molecule has 1 aromatic carbocycles. The number of hydrogen-bond acceptors (Lipinski definition) is 1. The first-order valence-corrected chi connectivity index (χ1v) is 7.24. The average Bonchev–Trinajstić information content (AvgIpc) is 2.41. The molecule has 0 aliphatic carbocycles. The zero-order valence-corrected chi connectivity index (χ0v) is 14.1. The number of allylic oxidation sites excluding steroid dienone is 4. The molecule has 1 nitrogen and oxygen atoms in total. The van der Waals surface area contributed by atoms with Gasteiger partial charge in [-0.25, -0.2) is 0 Å². The van der Waals surface area contributed by atoms with Gasteiger partial charge in [0.15, 0.2) is 0 Å². The van der Waals surface area contributed by atoms with Crippen molar-refractivity contribution in [1.29, 1.82) is 0 Å². The lowest BCUT2D eigenvalue weighted by Gasteiger charge is -2.22. The molecule has 0 aliphatic rings. The minimum Gasteiger partial charge on any atom is -0.344 e. The number of aryl methyl sites for hydroxylation is 2. The fourth-order valence-electron chi connectivity index (χ4n) is 1.89. The van der Waals surface area contributed by atoms with Gasteiger partial charge >= 0.3 is 0 Å². The number of rotatable bonds is 4. The normalized spacial score (nSPS) is 10.2. The van der Waals surface area contributed by atoms with Crippen molar-refractivity contribution >= 4 is 5.69 Å². The SMILES string of the molecule is C=C/C(=C\C=C(C)C)N(C)c1ccc(C)cc1C.CC. The molecule has 0 atom stereocenters. The molecule has 0 aromatic heterocycles. The van der Waals surface area contributed by atoms with Crippen LogP contribution < -0.4 is 4.90 Å². The number of hydrogen-bond donors (Lipinski definition) is 0. The lowest BCUT2D eigenvalue weighted by atomic mass is 10.1. The van der Waals surface area contributed by atoms with Crippen LogP contribution in [0.25, 0.3) is 0 Å². The summed E-state index contributed by atoms with van der Waals surface area (Å²) in [5.41, 5.74) is 6.17. The van der Waals surface area contributed by atoms with Crippen molar-refractivity contribution in [1.82, 2.24) is 0 Å². The van der Waals surface area contributed by atoms with Gasteiger partial charge in [-0.2, -0.15) is 0 Å². The predicted octanol–water partition coefficient (Wildman–Crippen LogP) is 5.80. The summed E-state index contributed by atoms with van der Waals surface area (Å²) < 4.78 is 0. The van der Waals surface area contributed by atoms with Gasteiger partial charge in [0.25, 0.3) is 0 Å². The lowest BCUT2D eigenvalue weighted by Crippen LogP contribution is -2.15. The Kier molecular flexibility index (Phi) is 8.38. The van der Waals surface area contributed by atoms with Gasteiger partial charge in [-0.1, -0.05) is 49.8 Å². The van der Waals surface area contributed by atoms with Crippen molar-refractivity contribution in [2.45, 2.75) is 41.5 Å². The fourth-order valence-corrected chi connectivity index (χ4v) is 1.89. The Morgan fingerprint density at radius 1 is 1.10 bits per heavy atom. The average molecular weight is 271 g/mol. The van der Waals surface area contributed by atoms with E-state index in [1.807, 2.05) is 19.9 Å². The van der Waals surface area contributed by atoms with E-state index in [1.54, 1.807) is 0 Å². The van der Waals surface area contributed by atoms with E-state index in [0.29, 0.717) is 0 Å². The second-order valence-corrected chi connectivity index (χ2v) is 4.89. The molecule has 20 heavy (non-hydrogen) atoms. The molecule has 0 radical (unpaired) electrons. The molecule has 110 valence electrons. The molecule has 0 bridgehead atoms. The van der Waals surface area contributed by atoms with Gasteiger partial charge in [0.05, 0.1) is 0 Å². The van der Waals surface area contributed by atoms with Crippen molar-refractivity contribution in [2.75, 3.05) is 11.9 Å². The van der Waals surface area contributed by atoms with Gasteiger partial charge in [0.2, 0.25) is 0 Å². The summed E-state index contributed by atoms with van der Waals surface area (Å²) in [4.78, 5) is 2.17. The molecule has 0 aliphatic heterocycles. The quantitative estimate of drug-likeness (QED) is 0.625. The lowest BCUT2D eigenvalue weighted by molar-refractivity contribution is 1.12. The van der Waals surface area contributed by atoms with E-state index in [0.717, 1.165) is 5.70 Å². The predicted molar refractivity (Wildman–Crippen MR) is 93.4 cm³/mol. The van der Waals surface area contributed by atoms with Crippen LogP contribution in [0, 0.1) is 13.8 Å². The van der Waals surface area contributed by atoms with Crippen LogP contribution >= 0.6 is 0 Å². The second-order valence-electron chi connectivity index (χ2n) is 4.89. The first-order valence-electron chi connectivity index (χ1n) is 7.24. The standard InChI is InChI=1S/C17H23N.C2H6/c1-7-16(10-8-13(2)3)18(6)17-11-9-14(4)12-15(17)5;1-2/h7-12H,1H2,2-6H3;1-2H3/b16-10+;. The summed E-state index contributed by atoms with van der Waals surface area (Å²) in [6, 6.07) is 6.50. The molecule has 0 unspecified atom stereocenters. The topological polar surface area (TPSA) is 3.24 Å². The van der Waals surface area contributed by atoms with Crippen LogP contribution in [0.4, 0.5) is 5.69 Å². The van der Waals surface area contributed by atoms with Crippen molar-refractivity contribution in [3.8, 4) is 0 Å². The maximum absolute atomic E-state index is 3.89. The third-order valence-electron chi connectivity index (χ3n) is 2.90. The molecule has 0 fully saturated rings. The molecule has 0 amide bonds. The Morgan fingerprint density at radius 3 is 2.15 bits per heavy atom. The summed E-state index contributed by atoms with van der Waals surface area (Å²) in [5, 5.41) is 0. The zero-order chi connectivity index (χ0) is 15.7. The summed E-state index contributed by atoms with van der Waals surface area (Å²) in [6.45, 7) is 16.3. The Morgan fingerprint density at radius 2 is 1.70 bits per heavy atom. The highest BCUT2D eigenvalue weighted by atomic mass is 15.1. The van der Waals surface area contributed by atoms with Crippen molar-refractivity contribution in [2.24, 2.45) is 0 Å². The Balaban J connectivity index is 0.00000172. The van der Waals surface area contributed by atoms with E-state index >= 15 is 0 Å². The highest BCUT2D eigenvalue weighted by molar-refractivity contribution is 5.59. The number of anilines is 1. The highest BCUT2D eigenvalue weighted by Crippen LogP contribution is 2.23. The Hall–Kier alpha value is -1.76. The first-order chi connectivity index (χ1) is 9.45. The van der Waals surface area contributed by atoms with Crippen LogP contribution in [0.3, 0.4) is 0 Å². The van der Waals surface area contributed by atoms with Crippen LogP contribution in [0.5, 0.6) is 0 Å². The summed E-state index contributed by atoms with van der Waals surface area (Å²) in [6.07, 6.45) is 6.09. The molecule has 0 heterocycles. The number of nitrogens with zero attached hydrogens (tertiary/aromatic N) is 1. The van der Waals surface area contributed by atoms with Crippen LogP contribution in [-0.2, 0) is 0 Å². The van der Waals surface area contributed by atoms with E-state index in [1.165, 1.54) is 22.4 Å². The van der Waals surface area contributed by atoms with Crippen LogP contribution in [0.1, 0.15) is 38.8 Å². The third kappa shape index (κ3) is 5.48. The zero-order valence-electron chi connectivity index (χ0n) is 14.1. The molecule has 1 rings (SSSR count). The minimum atomic E-state index is 1.10. The van der Waals surface area contributed by atoms with E-state index in [9.17, 15) is 0 Å². The molecule has 0 saturated carbocycles. The van der Waals surface area contributed by atoms with Crippen LogP contribution in [0.15, 0.2) is 54.3 Å². The summed E-state index contributed by atoms with van der Waals surface area (Å²) in [5.74, 6) is 0. The monoisotopic (exact) mass is 271 g/mol. The molecule has 0 spiro atoms. The van der Waals surface area contributed by atoms with Gasteiger partial charge in [0.1, 0.15) is 0 Å². The maximum atomic E-state index is 3.89. The highest BCUT2D eigenvalue weighted by Gasteiger charge is 2.06. The van der Waals surface area contributed by atoms with Gasteiger partial charge in [-0.3, -0.25) is 0 Å². The molecular weight excluding hydrogens is 242 g/mol. The van der Waals surface area contributed by atoms with E-state index in [2.05, 4.69) is 76.6 Å². The second kappa shape index (κ2) is 9.19. The van der Waals surface area contributed by atoms with Crippen molar-refractivity contribution in [3.05, 3.63) is 65.4 Å². The molecular formula is C19H29N. The molecule has 0 N–H and O–H groups in total. The minimum absolute atomic E-state index is 1.10. The number of likely N-dealkylation sites (N-methyl/N-ethyl adjacent to an activating group) is 1. The van der Waals surface area contributed by atoms with E-state index in [4.69, 9.17) is 0 Å². The molecule has 1 aromatic rings. The smallest absolute Gasteiger partial charge is 0.0437 e. The number of benzene rings is 1. The van der Waals surface area contributed by atoms with Gasteiger partial charge in [-0.05, 0) is 51.5 Å². The van der Waals surface area contributed by atoms with Crippen molar-refractivity contribution in [3.63, 3.8) is 0 Å². The van der Waals surface area contributed by atoms with E-state index < -0.39 is 0 Å². The van der Waals surface area contributed by atoms with Gasteiger partial charge < -0.3 is 4.90 Å². The van der Waals surface area contributed by atoms with Crippen molar-refractivity contribution < 1.29 is 0 Å².